The van der Waals surface area contributed by atoms with Crippen molar-refractivity contribution in [2.75, 3.05) is 32.8 Å². The third-order valence-electron chi connectivity index (χ3n) is 2.96. The Hall–Kier alpha value is -0.120. The largest absolute Gasteiger partial charge is 0.380 e. The third-order valence-corrected chi connectivity index (χ3v) is 2.96. The second-order valence-corrected chi connectivity index (χ2v) is 4.34. The summed E-state index contributed by atoms with van der Waals surface area (Å²) in [5, 5.41) is 0. The molecule has 0 aliphatic carbocycles. The lowest BCUT2D eigenvalue weighted by Gasteiger charge is -2.34. The monoisotopic (exact) mass is 200 g/mol. The lowest BCUT2D eigenvalue weighted by Crippen LogP contribution is -2.46. The molecule has 1 fully saturated rings. The first kappa shape index (κ1) is 12.0. The van der Waals surface area contributed by atoms with Gasteiger partial charge in [0.1, 0.15) is 0 Å². The number of hydrogen-bond acceptors (Lipinski definition) is 3. The SMILES string of the molecule is CCCOCCN1CCC(N)C(C)C1. The Morgan fingerprint density at radius 2 is 2.21 bits per heavy atom. The summed E-state index contributed by atoms with van der Waals surface area (Å²) in [6, 6.07) is 0.405. The Balaban J connectivity index is 2.07. The maximum atomic E-state index is 5.96. The fraction of sp³-hybridized carbons (Fsp3) is 1.00. The Morgan fingerprint density at radius 3 is 2.86 bits per heavy atom. The van der Waals surface area contributed by atoms with E-state index in [1.165, 1.54) is 0 Å². The van der Waals surface area contributed by atoms with E-state index >= 15 is 0 Å². The minimum Gasteiger partial charge on any atom is -0.380 e. The van der Waals surface area contributed by atoms with Crippen LogP contribution < -0.4 is 5.73 Å². The minimum absolute atomic E-state index is 0.405. The van der Waals surface area contributed by atoms with Gasteiger partial charge >= 0.3 is 0 Å². The normalized spacial score (nSPS) is 29.4. The van der Waals surface area contributed by atoms with Crippen molar-refractivity contribution in [3.63, 3.8) is 0 Å². The van der Waals surface area contributed by atoms with Crippen LogP contribution in [-0.2, 0) is 4.74 Å². The topological polar surface area (TPSA) is 38.5 Å². The van der Waals surface area contributed by atoms with Crippen molar-refractivity contribution < 1.29 is 4.74 Å². The maximum absolute atomic E-state index is 5.96. The van der Waals surface area contributed by atoms with Crippen molar-refractivity contribution in [1.29, 1.82) is 0 Å². The summed E-state index contributed by atoms with van der Waals surface area (Å²) < 4.78 is 5.47. The quantitative estimate of drug-likeness (QED) is 0.675. The Labute approximate surface area is 87.6 Å². The first-order valence-electron chi connectivity index (χ1n) is 5.79. The first-order valence-corrected chi connectivity index (χ1v) is 5.79. The van der Waals surface area contributed by atoms with Crippen LogP contribution in [0, 0.1) is 5.92 Å². The second kappa shape index (κ2) is 6.38. The molecule has 0 spiro atoms. The van der Waals surface area contributed by atoms with Gasteiger partial charge in [-0.05, 0) is 25.3 Å². The smallest absolute Gasteiger partial charge is 0.0593 e. The number of piperidine rings is 1. The highest BCUT2D eigenvalue weighted by atomic mass is 16.5. The molecule has 84 valence electrons. The predicted molar refractivity (Wildman–Crippen MR) is 59.3 cm³/mol. The molecule has 3 nitrogen and oxygen atoms in total. The van der Waals surface area contributed by atoms with E-state index in [4.69, 9.17) is 10.5 Å². The van der Waals surface area contributed by atoms with Crippen molar-refractivity contribution in [2.45, 2.75) is 32.7 Å². The van der Waals surface area contributed by atoms with Gasteiger partial charge in [-0.1, -0.05) is 13.8 Å². The molecule has 0 amide bonds. The van der Waals surface area contributed by atoms with E-state index in [0.29, 0.717) is 12.0 Å². The van der Waals surface area contributed by atoms with Crippen LogP contribution >= 0.6 is 0 Å². The highest BCUT2D eigenvalue weighted by Crippen LogP contribution is 2.14. The molecule has 2 N–H and O–H groups in total. The molecular formula is C11H24N2O. The fourth-order valence-electron chi connectivity index (χ4n) is 1.89. The summed E-state index contributed by atoms with van der Waals surface area (Å²) in [5.41, 5.74) is 5.96. The standard InChI is InChI=1S/C11H24N2O/c1-3-7-14-8-6-13-5-4-11(12)10(2)9-13/h10-11H,3-9,12H2,1-2H3. The third kappa shape index (κ3) is 3.95. The number of ether oxygens (including phenoxy) is 1. The summed E-state index contributed by atoms with van der Waals surface area (Å²) in [5.74, 6) is 0.634. The molecule has 14 heavy (non-hydrogen) atoms. The van der Waals surface area contributed by atoms with Gasteiger partial charge in [0.15, 0.2) is 0 Å². The van der Waals surface area contributed by atoms with Gasteiger partial charge in [-0.2, -0.15) is 0 Å². The zero-order valence-corrected chi connectivity index (χ0v) is 9.54. The highest BCUT2D eigenvalue weighted by Gasteiger charge is 2.22. The van der Waals surface area contributed by atoms with Crippen molar-refractivity contribution in [3.05, 3.63) is 0 Å². The molecule has 0 bridgehead atoms. The number of likely N-dealkylation sites (tertiary alicyclic amines) is 1. The maximum Gasteiger partial charge on any atom is 0.0593 e. The molecule has 3 heteroatoms. The molecule has 1 aliphatic rings. The number of nitrogens with zero attached hydrogens (tertiary/aromatic N) is 1. The Kier molecular flexibility index (Phi) is 5.45. The van der Waals surface area contributed by atoms with E-state index in [0.717, 1.165) is 45.7 Å². The number of nitrogens with two attached hydrogens (primary N) is 1. The number of rotatable bonds is 5. The van der Waals surface area contributed by atoms with Crippen LogP contribution in [0.3, 0.4) is 0 Å². The fourth-order valence-corrected chi connectivity index (χ4v) is 1.89. The Morgan fingerprint density at radius 1 is 1.43 bits per heavy atom. The van der Waals surface area contributed by atoms with E-state index in [1.807, 2.05) is 0 Å². The number of hydrogen-bond donors (Lipinski definition) is 1. The van der Waals surface area contributed by atoms with Gasteiger partial charge in [-0.15, -0.1) is 0 Å². The van der Waals surface area contributed by atoms with Crippen LogP contribution in [0.4, 0.5) is 0 Å². The highest BCUT2D eigenvalue weighted by molar-refractivity contribution is 4.79. The average Bonchev–Trinajstić information content (AvgIpc) is 2.18. The first-order chi connectivity index (χ1) is 6.74. The molecular weight excluding hydrogens is 176 g/mol. The second-order valence-electron chi connectivity index (χ2n) is 4.34. The summed E-state index contributed by atoms with van der Waals surface area (Å²) >= 11 is 0. The van der Waals surface area contributed by atoms with Gasteiger partial charge in [0.2, 0.25) is 0 Å². The zero-order chi connectivity index (χ0) is 10.4. The lowest BCUT2D eigenvalue weighted by molar-refractivity contribution is 0.0828. The van der Waals surface area contributed by atoms with Crippen molar-refractivity contribution in [2.24, 2.45) is 11.7 Å². The summed E-state index contributed by atoms with van der Waals surface area (Å²) in [7, 11) is 0. The molecule has 0 aromatic heterocycles. The average molecular weight is 200 g/mol. The minimum atomic E-state index is 0.405. The molecule has 1 saturated heterocycles. The lowest BCUT2D eigenvalue weighted by atomic mass is 9.95. The van der Waals surface area contributed by atoms with E-state index < -0.39 is 0 Å². The van der Waals surface area contributed by atoms with E-state index in [1.54, 1.807) is 0 Å². The molecule has 1 aliphatic heterocycles. The van der Waals surface area contributed by atoms with Crippen LogP contribution in [0.1, 0.15) is 26.7 Å². The van der Waals surface area contributed by atoms with Gasteiger partial charge in [0.25, 0.3) is 0 Å². The summed E-state index contributed by atoms with van der Waals surface area (Å²) in [6.07, 6.45) is 2.25. The molecule has 0 aromatic carbocycles. The van der Waals surface area contributed by atoms with Gasteiger partial charge in [0.05, 0.1) is 6.61 Å². The molecule has 0 aromatic rings. The summed E-state index contributed by atoms with van der Waals surface area (Å²) in [6.45, 7) is 9.49. The molecule has 1 rings (SSSR count). The predicted octanol–water partition coefficient (Wildman–Crippen LogP) is 1.08. The molecule has 2 atom stereocenters. The van der Waals surface area contributed by atoms with Crippen LogP contribution in [0.15, 0.2) is 0 Å². The molecule has 1 heterocycles. The molecule has 0 saturated carbocycles. The van der Waals surface area contributed by atoms with Crippen LogP contribution in [0.25, 0.3) is 0 Å². The van der Waals surface area contributed by atoms with Crippen LogP contribution in [-0.4, -0.2) is 43.8 Å². The Bertz CT molecular complexity index is 152. The van der Waals surface area contributed by atoms with E-state index in [9.17, 15) is 0 Å². The van der Waals surface area contributed by atoms with Gasteiger partial charge in [-0.25, -0.2) is 0 Å². The van der Waals surface area contributed by atoms with Crippen LogP contribution in [0.5, 0.6) is 0 Å². The van der Waals surface area contributed by atoms with Crippen molar-refractivity contribution >= 4 is 0 Å². The van der Waals surface area contributed by atoms with Crippen molar-refractivity contribution in [3.8, 4) is 0 Å². The van der Waals surface area contributed by atoms with Gasteiger partial charge < -0.3 is 15.4 Å². The van der Waals surface area contributed by atoms with Crippen molar-refractivity contribution in [1.82, 2.24) is 4.90 Å². The van der Waals surface area contributed by atoms with E-state index in [2.05, 4.69) is 18.7 Å². The molecule has 0 radical (unpaired) electrons. The van der Waals surface area contributed by atoms with Gasteiger partial charge in [-0.3, -0.25) is 0 Å². The van der Waals surface area contributed by atoms with E-state index in [-0.39, 0.29) is 0 Å². The summed E-state index contributed by atoms with van der Waals surface area (Å²) in [4.78, 5) is 2.46. The van der Waals surface area contributed by atoms with Gasteiger partial charge in [0, 0.05) is 25.7 Å². The van der Waals surface area contributed by atoms with Crippen LogP contribution in [0.2, 0.25) is 0 Å². The molecule has 2 unspecified atom stereocenters. The zero-order valence-electron chi connectivity index (χ0n) is 9.54.